The van der Waals surface area contributed by atoms with E-state index in [-0.39, 0.29) is 5.82 Å². The van der Waals surface area contributed by atoms with Gasteiger partial charge in [0.15, 0.2) is 0 Å². The summed E-state index contributed by atoms with van der Waals surface area (Å²) in [6.45, 7) is 3.77. The average molecular weight is 361 g/mol. The second-order valence-electron chi connectivity index (χ2n) is 6.59. The second-order valence-corrected chi connectivity index (χ2v) is 6.59. The minimum atomic E-state index is -0.596. The Morgan fingerprint density at radius 3 is 2.56 bits per heavy atom. The molecule has 4 rings (SSSR count). The molecule has 4 nitrogen and oxygen atoms in total. The van der Waals surface area contributed by atoms with Crippen LogP contribution >= 0.6 is 0 Å². The molecule has 0 aliphatic heterocycles. The molecular weight excluding hydrogens is 341 g/mol. The quantitative estimate of drug-likeness (QED) is 0.566. The Morgan fingerprint density at radius 2 is 1.85 bits per heavy atom. The van der Waals surface area contributed by atoms with E-state index in [1.165, 1.54) is 6.07 Å². The molecule has 2 aromatic carbocycles. The normalized spacial score (nSPS) is 12.4. The highest BCUT2D eigenvalue weighted by molar-refractivity contribution is 5.85. The van der Waals surface area contributed by atoms with Crippen LogP contribution < -0.4 is 0 Å². The van der Waals surface area contributed by atoms with Crippen LogP contribution in [0, 0.1) is 5.82 Å². The first-order valence-corrected chi connectivity index (χ1v) is 8.97. The van der Waals surface area contributed by atoms with Gasteiger partial charge in [-0.2, -0.15) is 0 Å². The standard InChI is InChI=1S/C22H20FN3O/c1-3-15-8-9-20(23)18(10-15)16-11-24-22(25-12-16)26-13-19(14(2)27)17-6-4-5-7-21(17)26/h4-14,27H,3H2,1-2H3. The van der Waals surface area contributed by atoms with E-state index in [1.54, 1.807) is 25.4 Å². The molecule has 0 fully saturated rings. The molecule has 2 heterocycles. The van der Waals surface area contributed by atoms with Gasteiger partial charge < -0.3 is 5.11 Å². The van der Waals surface area contributed by atoms with Crippen LogP contribution in [0.1, 0.15) is 31.1 Å². The van der Waals surface area contributed by atoms with Gasteiger partial charge >= 0.3 is 0 Å². The van der Waals surface area contributed by atoms with Crippen molar-refractivity contribution in [3.63, 3.8) is 0 Å². The Morgan fingerprint density at radius 1 is 1.11 bits per heavy atom. The third kappa shape index (κ3) is 3.11. The number of aryl methyl sites for hydroxylation is 1. The molecule has 4 aromatic rings. The summed E-state index contributed by atoms with van der Waals surface area (Å²) in [7, 11) is 0. The highest BCUT2D eigenvalue weighted by Gasteiger charge is 2.15. The molecule has 0 saturated heterocycles. The summed E-state index contributed by atoms with van der Waals surface area (Å²) < 4.78 is 16.1. The van der Waals surface area contributed by atoms with E-state index in [9.17, 15) is 9.50 Å². The monoisotopic (exact) mass is 361 g/mol. The Balaban J connectivity index is 1.79. The molecule has 0 amide bonds. The number of aliphatic hydroxyl groups excluding tert-OH is 1. The van der Waals surface area contributed by atoms with Crippen LogP contribution in [0.3, 0.4) is 0 Å². The Hall–Kier alpha value is -3.05. The maximum absolute atomic E-state index is 14.2. The van der Waals surface area contributed by atoms with Crippen molar-refractivity contribution in [3.8, 4) is 17.1 Å². The van der Waals surface area contributed by atoms with Crippen LogP contribution in [-0.2, 0) is 6.42 Å². The van der Waals surface area contributed by atoms with Gasteiger partial charge in [0.2, 0.25) is 5.95 Å². The number of para-hydroxylation sites is 1. The van der Waals surface area contributed by atoms with Gasteiger partial charge in [-0.05, 0) is 37.1 Å². The maximum Gasteiger partial charge on any atom is 0.234 e. The van der Waals surface area contributed by atoms with Crippen LogP contribution in [0.4, 0.5) is 4.39 Å². The lowest BCUT2D eigenvalue weighted by atomic mass is 10.0. The third-order valence-corrected chi connectivity index (χ3v) is 4.80. The molecule has 1 N–H and O–H groups in total. The van der Waals surface area contributed by atoms with Crippen molar-refractivity contribution >= 4 is 10.9 Å². The minimum Gasteiger partial charge on any atom is -0.389 e. The predicted octanol–water partition coefficient (Wildman–Crippen LogP) is 4.84. The van der Waals surface area contributed by atoms with Gasteiger partial charge in [-0.25, -0.2) is 14.4 Å². The highest BCUT2D eigenvalue weighted by atomic mass is 19.1. The number of aromatic nitrogens is 3. The fourth-order valence-electron chi connectivity index (χ4n) is 3.30. The first kappa shape index (κ1) is 17.4. The Bertz CT molecular complexity index is 1100. The van der Waals surface area contributed by atoms with Crippen LogP contribution in [0.15, 0.2) is 61.1 Å². The number of hydrogen-bond acceptors (Lipinski definition) is 3. The predicted molar refractivity (Wildman–Crippen MR) is 104 cm³/mol. The van der Waals surface area contributed by atoms with Crippen molar-refractivity contribution in [2.45, 2.75) is 26.4 Å². The Labute approximate surface area is 157 Å². The summed E-state index contributed by atoms with van der Waals surface area (Å²) in [6, 6.07) is 12.9. The molecule has 0 spiro atoms. The molecule has 0 radical (unpaired) electrons. The van der Waals surface area contributed by atoms with Crippen molar-refractivity contribution in [3.05, 3.63) is 78.0 Å². The highest BCUT2D eigenvalue weighted by Crippen LogP contribution is 2.29. The number of rotatable bonds is 4. The molecular formula is C22H20FN3O. The van der Waals surface area contributed by atoms with Crippen LogP contribution in [-0.4, -0.2) is 19.6 Å². The fraction of sp³-hybridized carbons (Fsp3) is 0.182. The topological polar surface area (TPSA) is 50.9 Å². The lowest BCUT2D eigenvalue weighted by Crippen LogP contribution is -2.00. The largest absolute Gasteiger partial charge is 0.389 e. The zero-order chi connectivity index (χ0) is 19.0. The third-order valence-electron chi connectivity index (χ3n) is 4.80. The summed E-state index contributed by atoms with van der Waals surface area (Å²) in [4.78, 5) is 8.90. The summed E-state index contributed by atoms with van der Waals surface area (Å²) in [6.07, 6.45) is 5.36. The first-order valence-electron chi connectivity index (χ1n) is 8.97. The zero-order valence-electron chi connectivity index (χ0n) is 15.2. The van der Waals surface area contributed by atoms with Crippen molar-refractivity contribution in [2.75, 3.05) is 0 Å². The molecule has 2 aromatic heterocycles. The lowest BCUT2D eigenvalue weighted by Gasteiger charge is -2.07. The van der Waals surface area contributed by atoms with Gasteiger partial charge in [0, 0.05) is 40.7 Å². The zero-order valence-corrected chi connectivity index (χ0v) is 15.2. The minimum absolute atomic E-state index is 0.286. The van der Waals surface area contributed by atoms with Gasteiger partial charge in [0.05, 0.1) is 11.6 Å². The van der Waals surface area contributed by atoms with E-state index in [0.717, 1.165) is 28.5 Å². The number of fused-ring (bicyclic) bond motifs is 1. The molecule has 0 saturated carbocycles. The van der Waals surface area contributed by atoms with Gasteiger partial charge in [-0.15, -0.1) is 0 Å². The van der Waals surface area contributed by atoms with E-state index < -0.39 is 6.10 Å². The van der Waals surface area contributed by atoms with Crippen LogP contribution in [0.25, 0.3) is 28.0 Å². The molecule has 1 unspecified atom stereocenters. The fourth-order valence-corrected chi connectivity index (χ4v) is 3.30. The average Bonchev–Trinajstić information content (AvgIpc) is 3.09. The molecule has 27 heavy (non-hydrogen) atoms. The number of nitrogens with zero attached hydrogens (tertiary/aromatic N) is 3. The van der Waals surface area contributed by atoms with Crippen LogP contribution in [0.2, 0.25) is 0 Å². The van der Waals surface area contributed by atoms with Gasteiger partial charge in [0.25, 0.3) is 0 Å². The van der Waals surface area contributed by atoms with Crippen molar-refractivity contribution < 1.29 is 9.50 Å². The van der Waals surface area contributed by atoms with E-state index in [4.69, 9.17) is 0 Å². The number of hydrogen-bond donors (Lipinski definition) is 1. The van der Waals surface area contributed by atoms with Crippen molar-refractivity contribution in [2.24, 2.45) is 0 Å². The first-order chi connectivity index (χ1) is 13.1. The molecule has 0 aliphatic rings. The maximum atomic E-state index is 14.2. The van der Waals surface area contributed by atoms with Crippen molar-refractivity contribution in [1.82, 2.24) is 14.5 Å². The second kappa shape index (κ2) is 6.93. The molecule has 136 valence electrons. The van der Waals surface area contributed by atoms with Gasteiger partial charge in [-0.3, -0.25) is 4.57 Å². The SMILES string of the molecule is CCc1ccc(F)c(-c2cnc(-n3cc(C(C)O)c4ccccc43)nc2)c1. The smallest absolute Gasteiger partial charge is 0.234 e. The van der Waals surface area contributed by atoms with E-state index >= 15 is 0 Å². The molecule has 0 aliphatic carbocycles. The summed E-state index contributed by atoms with van der Waals surface area (Å²) in [5.41, 5.74) is 3.94. The van der Waals surface area contributed by atoms with Crippen LogP contribution in [0.5, 0.6) is 0 Å². The molecule has 0 bridgehead atoms. The van der Waals surface area contributed by atoms with E-state index in [2.05, 4.69) is 9.97 Å². The molecule has 5 heteroatoms. The van der Waals surface area contributed by atoms with E-state index in [1.807, 2.05) is 48.0 Å². The number of aliphatic hydroxyl groups is 1. The Kier molecular flexibility index (Phi) is 4.46. The summed E-state index contributed by atoms with van der Waals surface area (Å²) in [5, 5.41) is 11.0. The van der Waals surface area contributed by atoms with Gasteiger partial charge in [-0.1, -0.05) is 31.2 Å². The van der Waals surface area contributed by atoms with Gasteiger partial charge in [0.1, 0.15) is 5.82 Å². The summed E-state index contributed by atoms with van der Waals surface area (Å²) in [5.74, 6) is 0.195. The lowest BCUT2D eigenvalue weighted by molar-refractivity contribution is 0.201. The number of halogens is 1. The van der Waals surface area contributed by atoms with E-state index in [0.29, 0.717) is 17.1 Å². The summed E-state index contributed by atoms with van der Waals surface area (Å²) >= 11 is 0. The number of benzene rings is 2. The molecule has 1 atom stereocenters. The van der Waals surface area contributed by atoms with Crippen molar-refractivity contribution in [1.29, 1.82) is 0 Å².